The van der Waals surface area contributed by atoms with Crippen molar-refractivity contribution in [1.82, 2.24) is 15.1 Å². The molecule has 1 aliphatic heterocycles. The first-order chi connectivity index (χ1) is 19.5. The van der Waals surface area contributed by atoms with E-state index in [1.807, 2.05) is 6.92 Å². The van der Waals surface area contributed by atoms with Crippen LogP contribution in [0, 0.1) is 11.7 Å². The average molecular weight is 591 g/mol. The van der Waals surface area contributed by atoms with Crippen molar-refractivity contribution in [2.45, 2.75) is 69.0 Å². The van der Waals surface area contributed by atoms with Gasteiger partial charge >= 0.3 is 6.03 Å². The molecular weight excluding hydrogens is 551 g/mol. The molecule has 3 atom stereocenters. The molecule has 4 rings (SSSR count). The first-order valence-corrected chi connectivity index (χ1v) is 15.5. The number of nitrogens with zero attached hydrogens (tertiary/aromatic N) is 2. The largest absolute Gasteiger partial charge is 0.485 e. The summed E-state index contributed by atoms with van der Waals surface area (Å²) in [7, 11) is -2.48. The Balaban J connectivity index is 1.66. The minimum Gasteiger partial charge on any atom is -0.485 e. The van der Waals surface area contributed by atoms with Crippen LogP contribution < -0.4 is 14.8 Å². The zero-order chi connectivity index (χ0) is 29.7. The fourth-order valence-corrected chi connectivity index (χ4v) is 6.31. The molecule has 0 saturated heterocycles. The molecule has 2 aliphatic rings. The highest BCUT2D eigenvalue weighted by atomic mass is 32.2. The normalized spacial score (nSPS) is 20.7. The maximum Gasteiger partial charge on any atom is 0.317 e. The van der Waals surface area contributed by atoms with Crippen LogP contribution in [0.25, 0.3) is 0 Å². The van der Waals surface area contributed by atoms with E-state index < -0.39 is 33.9 Å². The van der Waals surface area contributed by atoms with Crippen LogP contribution in [0.1, 0.15) is 56.3 Å². The van der Waals surface area contributed by atoms with Crippen LogP contribution in [0.4, 0.5) is 14.9 Å². The van der Waals surface area contributed by atoms with E-state index in [1.165, 1.54) is 24.6 Å². The number of benzene rings is 2. The lowest BCUT2D eigenvalue weighted by molar-refractivity contribution is 0.0368. The van der Waals surface area contributed by atoms with Gasteiger partial charge in [0.1, 0.15) is 11.9 Å². The van der Waals surface area contributed by atoms with Crippen LogP contribution in [-0.2, 0) is 10.0 Å². The molecule has 3 amide bonds. The van der Waals surface area contributed by atoms with Crippen molar-refractivity contribution in [3.05, 3.63) is 53.8 Å². The summed E-state index contributed by atoms with van der Waals surface area (Å²) in [5.74, 6) is -1.25. The number of rotatable bonds is 8. The van der Waals surface area contributed by atoms with E-state index in [0.717, 1.165) is 49.9 Å². The Hall–Kier alpha value is -3.38. The van der Waals surface area contributed by atoms with Crippen LogP contribution in [0.2, 0.25) is 0 Å². The number of para-hydroxylation sites is 1. The first-order valence-electron chi connectivity index (χ1n) is 14.0. The molecule has 10 nitrogen and oxygen atoms in total. The molecule has 0 radical (unpaired) electrons. The van der Waals surface area contributed by atoms with Gasteiger partial charge in [-0.15, -0.1) is 0 Å². The van der Waals surface area contributed by atoms with E-state index in [1.54, 1.807) is 23.8 Å². The SMILES string of the molecule is C[C@H]1CN([C@@H](C)CO)C(=O)c2cccc(NS(=O)(=O)c3ccc(F)cc3)c2O[C@@H]1CN(C)C(=O)NC1CCCCC1. The van der Waals surface area contributed by atoms with Crippen LogP contribution in [-0.4, -0.2) is 80.2 Å². The van der Waals surface area contributed by atoms with Crippen molar-refractivity contribution in [2.24, 2.45) is 5.92 Å². The van der Waals surface area contributed by atoms with Crippen LogP contribution in [0.3, 0.4) is 0 Å². The summed E-state index contributed by atoms with van der Waals surface area (Å²) in [5, 5.41) is 13.0. The second kappa shape index (κ2) is 13.1. The highest BCUT2D eigenvalue weighted by Gasteiger charge is 2.35. The maximum absolute atomic E-state index is 13.7. The summed E-state index contributed by atoms with van der Waals surface area (Å²) in [6.45, 7) is 3.78. The van der Waals surface area contributed by atoms with Gasteiger partial charge in [0.15, 0.2) is 5.75 Å². The summed E-state index contributed by atoms with van der Waals surface area (Å²) in [6.07, 6.45) is 4.60. The molecular formula is C29H39FN4O6S. The van der Waals surface area contributed by atoms with Gasteiger partial charge in [-0.25, -0.2) is 17.6 Å². The minimum absolute atomic E-state index is 0.0240. The predicted molar refractivity (Wildman–Crippen MR) is 153 cm³/mol. The van der Waals surface area contributed by atoms with E-state index in [0.29, 0.717) is 0 Å². The summed E-state index contributed by atoms with van der Waals surface area (Å²) in [4.78, 5) is 29.6. The highest BCUT2D eigenvalue weighted by molar-refractivity contribution is 7.92. The number of urea groups is 1. The second-order valence-electron chi connectivity index (χ2n) is 11.0. The molecule has 0 spiro atoms. The van der Waals surface area contributed by atoms with Crippen LogP contribution >= 0.6 is 0 Å². The zero-order valence-corrected chi connectivity index (χ0v) is 24.5. The Morgan fingerprint density at radius 2 is 1.85 bits per heavy atom. The lowest BCUT2D eigenvalue weighted by Crippen LogP contribution is -2.52. The number of ether oxygens (including phenoxy) is 1. The van der Waals surface area contributed by atoms with Gasteiger partial charge in [-0.2, -0.15) is 0 Å². The third kappa shape index (κ3) is 7.28. The summed E-state index contributed by atoms with van der Waals surface area (Å²) >= 11 is 0. The van der Waals surface area contributed by atoms with E-state index in [4.69, 9.17) is 4.74 Å². The quantitative estimate of drug-likeness (QED) is 0.429. The van der Waals surface area contributed by atoms with Crippen LogP contribution in [0.5, 0.6) is 5.75 Å². The standard InChI is InChI=1S/C29H39FN4O6S/c1-19-16-34(20(2)18-35)28(36)24-10-7-11-25(32-41(38,39)23-14-12-21(30)13-15-23)27(24)40-26(19)17-33(3)29(37)31-22-8-5-4-6-9-22/h7,10-15,19-20,22,26,32,35H,4-6,8-9,16-18H2,1-3H3,(H,31,37)/t19-,20-,26+/m0/s1. The third-order valence-electron chi connectivity index (χ3n) is 7.79. The molecule has 41 heavy (non-hydrogen) atoms. The van der Waals surface area contributed by atoms with Crippen molar-refractivity contribution in [2.75, 3.05) is 31.5 Å². The Morgan fingerprint density at radius 3 is 2.51 bits per heavy atom. The Labute approximate surface area is 240 Å². The molecule has 1 heterocycles. The summed E-state index contributed by atoms with van der Waals surface area (Å²) < 4.78 is 48.7. The maximum atomic E-state index is 13.7. The lowest BCUT2D eigenvalue weighted by atomic mass is 9.96. The van der Waals surface area contributed by atoms with Gasteiger partial charge in [-0.05, 0) is 56.2 Å². The average Bonchev–Trinajstić information content (AvgIpc) is 2.95. The molecule has 3 N–H and O–H groups in total. The number of halogens is 1. The molecule has 0 unspecified atom stereocenters. The molecule has 2 aromatic rings. The molecule has 0 bridgehead atoms. The van der Waals surface area contributed by atoms with Gasteiger partial charge in [0.2, 0.25) is 0 Å². The molecule has 12 heteroatoms. The number of aliphatic hydroxyl groups excluding tert-OH is 1. The third-order valence-corrected chi connectivity index (χ3v) is 9.17. The number of likely N-dealkylation sites (N-methyl/N-ethyl adjacent to an activating group) is 1. The highest BCUT2D eigenvalue weighted by Crippen LogP contribution is 2.36. The summed E-state index contributed by atoms with van der Waals surface area (Å²) in [6, 6.07) is 8.33. The van der Waals surface area contributed by atoms with Crippen molar-refractivity contribution in [3.63, 3.8) is 0 Å². The lowest BCUT2D eigenvalue weighted by Gasteiger charge is -2.38. The van der Waals surface area contributed by atoms with Crippen LogP contribution in [0.15, 0.2) is 47.4 Å². The van der Waals surface area contributed by atoms with Gasteiger partial charge in [-0.1, -0.05) is 32.3 Å². The van der Waals surface area contributed by atoms with E-state index in [-0.39, 0.29) is 59.6 Å². The van der Waals surface area contributed by atoms with E-state index in [2.05, 4.69) is 10.0 Å². The number of nitrogens with one attached hydrogen (secondary N) is 2. The number of hydrogen-bond acceptors (Lipinski definition) is 6. The van der Waals surface area contributed by atoms with Gasteiger partial charge in [0.25, 0.3) is 15.9 Å². The number of anilines is 1. The molecule has 224 valence electrons. The Morgan fingerprint density at radius 1 is 1.17 bits per heavy atom. The van der Waals surface area contributed by atoms with E-state index >= 15 is 0 Å². The second-order valence-corrected chi connectivity index (χ2v) is 12.7. The monoisotopic (exact) mass is 590 g/mol. The smallest absolute Gasteiger partial charge is 0.317 e. The number of aliphatic hydroxyl groups is 1. The fraction of sp³-hybridized carbons (Fsp3) is 0.517. The molecule has 1 aliphatic carbocycles. The van der Waals surface area contributed by atoms with Crippen molar-refractivity contribution < 1.29 is 32.2 Å². The molecule has 0 aromatic heterocycles. The number of carbonyl (C=O) groups is 2. The van der Waals surface area contributed by atoms with Gasteiger partial charge in [0, 0.05) is 25.6 Å². The molecule has 1 fully saturated rings. The number of amides is 3. The van der Waals surface area contributed by atoms with Gasteiger partial charge in [-0.3, -0.25) is 9.52 Å². The Bertz CT molecular complexity index is 1330. The molecule has 1 saturated carbocycles. The van der Waals surface area contributed by atoms with E-state index in [9.17, 15) is 27.5 Å². The topological polar surface area (TPSA) is 128 Å². The number of fused-ring (bicyclic) bond motifs is 1. The van der Waals surface area contributed by atoms with Crippen molar-refractivity contribution in [3.8, 4) is 5.75 Å². The van der Waals surface area contributed by atoms with Gasteiger partial charge in [0.05, 0.1) is 35.3 Å². The number of carbonyl (C=O) groups excluding carboxylic acids is 2. The zero-order valence-electron chi connectivity index (χ0n) is 23.7. The fourth-order valence-electron chi connectivity index (χ4n) is 5.24. The van der Waals surface area contributed by atoms with Crippen molar-refractivity contribution >= 4 is 27.6 Å². The first kappa shape index (κ1) is 30.6. The molecule has 2 aromatic carbocycles. The predicted octanol–water partition coefficient (Wildman–Crippen LogP) is 3.82. The number of sulfonamides is 1. The minimum atomic E-state index is -4.16. The van der Waals surface area contributed by atoms with Crippen molar-refractivity contribution in [1.29, 1.82) is 0 Å². The summed E-state index contributed by atoms with van der Waals surface area (Å²) in [5.41, 5.74) is 0.154. The number of hydrogen-bond donors (Lipinski definition) is 3. The van der Waals surface area contributed by atoms with Gasteiger partial charge < -0.3 is 25.0 Å². The Kier molecular flexibility index (Phi) is 9.75.